The number of aromatic nitrogens is 2. The van der Waals surface area contributed by atoms with Gasteiger partial charge in [-0.1, -0.05) is 5.16 Å². The van der Waals surface area contributed by atoms with Gasteiger partial charge in [-0.2, -0.15) is 4.98 Å². The van der Waals surface area contributed by atoms with Crippen molar-refractivity contribution in [3.8, 4) is 0 Å². The molecule has 1 aromatic heterocycles. The molecule has 0 bridgehead atoms. The molecule has 19 heavy (non-hydrogen) atoms. The first kappa shape index (κ1) is 12.6. The van der Waals surface area contributed by atoms with E-state index in [-0.39, 0.29) is 11.9 Å². The molecule has 1 aliphatic carbocycles. The third-order valence-corrected chi connectivity index (χ3v) is 3.85. The van der Waals surface area contributed by atoms with Crippen LogP contribution in [-0.2, 0) is 11.3 Å². The van der Waals surface area contributed by atoms with Crippen molar-refractivity contribution in [2.75, 3.05) is 20.6 Å². The van der Waals surface area contributed by atoms with Gasteiger partial charge in [0.05, 0.1) is 12.6 Å². The average Bonchev–Trinajstić information content (AvgIpc) is 2.96. The smallest absolute Gasteiger partial charge is 0.240 e. The highest BCUT2D eigenvalue weighted by Crippen LogP contribution is 2.38. The van der Waals surface area contributed by atoms with Crippen LogP contribution in [0.15, 0.2) is 4.52 Å². The first-order valence-electron chi connectivity index (χ1n) is 6.93. The van der Waals surface area contributed by atoms with Crippen LogP contribution < -0.4 is 0 Å². The lowest BCUT2D eigenvalue weighted by atomic mass is 10.2. The van der Waals surface area contributed by atoms with Gasteiger partial charge >= 0.3 is 0 Å². The van der Waals surface area contributed by atoms with Crippen molar-refractivity contribution in [3.63, 3.8) is 0 Å². The number of nitrogens with zero attached hydrogens (tertiary/aromatic N) is 4. The van der Waals surface area contributed by atoms with Gasteiger partial charge in [0.2, 0.25) is 11.8 Å². The van der Waals surface area contributed by atoms with Crippen LogP contribution in [0.5, 0.6) is 0 Å². The molecular weight excluding hydrogens is 244 g/mol. The molecule has 104 valence electrons. The summed E-state index contributed by atoms with van der Waals surface area (Å²) in [5.41, 5.74) is 0. The molecule has 0 spiro atoms. The van der Waals surface area contributed by atoms with E-state index >= 15 is 0 Å². The molecule has 1 atom stereocenters. The van der Waals surface area contributed by atoms with Crippen LogP contribution >= 0.6 is 0 Å². The lowest BCUT2D eigenvalue weighted by Gasteiger charge is -2.24. The van der Waals surface area contributed by atoms with Crippen molar-refractivity contribution in [2.45, 2.75) is 44.2 Å². The van der Waals surface area contributed by atoms with Gasteiger partial charge in [0, 0.05) is 20.0 Å². The molecule has 1 saturated carbocycles. The SMILES string of the molecule is CN(C)C(=O)C1CCCN1Cc1nc(C2CC2)no1. The predicted molar refractivity (Wildman–Crippen MR) is 68.4 cm³/mol. The maximum absolute atomic E-state index is 12.1. The zero-order chi connectivity index (χ0) is 13.4. The Hall–Kier alpha value is -1.43. The van der Waals surface area contributed by atoms with E-state index in [2.05, 4.69) is 15.0 Å². The summed E-state index contributed by atoms with van der Waals surface area (Å²) >= 11 is 0. The minimum Gasteiger partial charge on any atom is -0.347 e. The zero-order valence-electron chi connectivity index (χ0n) is 11.5. The minimum absolute atomic E-state index is 0.0359. The topological polar surface area (TPSA) is 62.5 Å². The molecule has 2 heterocycles. The maximum atomic E-state index is 12.1. The third kappa shape index (κ3) is 2.63. The van der Waals surface area contributed by atoms with Gasteiger partial charge in [0.25, 0.3) is 0 Å². The molecule has 0 aromatic carbocycles. The molecule has 3 rings (SSSR count). The zero-order valence-corrected chi connectivity index (χ0v) is 11.5. The number of carbonyl (C=O) groups excluding carboxylic acids is 1. The van der Waals surface area contributed by atoms with Gasteiger partial charge in [0.1, 0.15) is 0 Å². The van der Waals surface area contributed by atoms with E-state index in [0.29, 0.717) is 18.4 Å². The molecule has 0 N–H and O–H groups in total. The predicted octanol–water partition coefficient (Wildman–Crippen LogP) is 1.000. The second kappa shape index (κ2) is 4.92. The van der Waals surface area contributed by atoms with E-state index in [9.17, 15) is 4.79 Å². The van der Waals surface area contributed by atoms with E-state index < -0.39 is 0 Å². The number of carbonyl (C=O) groups is 1. The molecule has 1 amide bonds. The van der Waals surface area contributed by atoms with Crippen LogP contribution in [0.2, 0.25) is 0 Å². The monoisotopic (exact) mass is 264 g/mol. The quantitative estimate of drug-likeness (QED) is 0.812. The fourth-order valence-corrected chi connectivity index (χ4v) is 2.61. The highest BCUT2D eigenvalue weighted by atomic mass is 16.5. The number of amides is 1. The van der Waals surface area contributed by atoms with Gasteiger partial charge in [-0.25, -0.2) is 0 Å². The van der Waals surface area contributed by atoms with E-state index in [1.807, 2.05) is 0 Å². The Bertz CT molecular complexity index is 467. The number of likely N-dealkylation sites (tertiary alicyclic amines) is 1. The van der Waals surface area contributed by atoms with Crippen molar-refractivity contribution in [3.05, 3.63) is 11.7 Å². The Morgan fingerprint density at radius 3 is 2.89 bits per heavy atom. The number of hydrogen-bond donors (Lipinski definition) is 0. The summed E-state index contributed by atoms with van der Waals surface area (Å²) in [6, 6.07) is -0.0359. The lowest BCUT2D eigenvalue weighted by molar-refractivity contribution is -0.133. The molecule has 2 aliphatic rings. The summed E-state index contributed by atoms with van der Waals surface area (Å²) in [6.45, 7) is 1.51. The van der Waals surface area contributed by atoms with Gasteiger partial charge in [-0.3, -0.25) is 9.69 Å². The van der Waals surface area contributed by atoms with Crippen molar-refractivity contribution < 1.29 is 9.32 Å². The number of rotatable bonds is 4. The van der Waals surface area contributed by atoms with Crippen LogP contribution in [0.3, 0.4) is 0 Å². The minimum atomic E-state index is -0.0359. The van der Waals surface area contributed by atoms with Crippen LogP contribution in [0.4, 0.5) is 0 Å². The molecule has 1 aliphatic heterocycles. The summed E-state index contributed by atoms with van der Waals surface area (Å²) in [4.78, 5) is 20.3. The Morgan fingerprint density at radius 1 is 1.42 bits per heavy atom. The maximum Gasteiger partial charge on any atom is 0.240 e. The molecule has 6 heteroatoms. The Balaban J connectivity index is 1.65. The molecule has 2 fully saturated rings. The third-order valence-electron chi connectivity index (χ3n) is 3.85. The summed E-state index contributed by atoms with van der Waals surface area (Å²) in [7, 11) is 3.60. The van der Waals surface area contributed by atoms with E-state index in [4.69, 9.17) is 4.52 Å². The molecule has 1 aromatic rings. The average molecular weight is 264 g/mol. The summed E-state index contributed by atoms with van der Waals surface area (Å²) in [5, 5.41) is 4.02. The van der Waals surface area contributed by atoms with Crippen molar-refractivity contribution >= 4 is 5.91 Å². The largest absolute Gasteiger partial charge is 0.347 e. The fraction of sp³-hybridized carbons (Fsp3) is 0.769. The number of hydrogen-bond acceptors (Lipinski definition) is 5. The molecule has 6 nitrogen and oxygen atoms in total. The highest BCUT2D eigenvalue weighted by molar-refractivity contribution is 5.81. The molecule has 1 unspecified atom stereocenters. The molecule has 0 radical (unpaired) electrons. The van der Waals surface area contributed by atoms with Crippen LogP contribution in [0.25, 0.3) is 0 Å². The van der Waals surface area contributed by atoms with Gasteiger partial charge in [-0.15, -0.1) is 0 Å². The number of likely N-dealkylation sites (N-methyl/N-ethyl adjacent to an activating group) is 1. The first-order chi connectivity index (χ1) is 9.15. The van der Waals surface area contributed by atoms with Crippen molar-refractivity contribution in [1.29, 1.82) is 0 Å². The normalized spacial score (nSPS) is 23.8. The van der Waals surface area contributed by atoms with Crippen molar-refractivity contribution in [2.24, 2.45) is 0 Å². The van der Waals surface area contributed by atoms with Gasteiger partial charge in [-0.05, 0) is 32.2 Å². The van der Waals surface area contributed by atoms with Crippen LogP contribution in [0.1, 0.15) is 43.3 Å². The Morgan fingerprint density at radius 2 is 2.21 bits per heavy atom. The highest BCUT2D eigenvalue weighted by Gasteiger charge is 2.34. The Labute approximate surface area is 112 Å². The van der Waals surface area contributed by atoms with Crippen LogP contribution in [0, 0.1) is 0 Å². The molecule has 1 saturated heterocycles. The standard InChI is InChI=1S/C13H20N4O2/c1-16(2)13(18)10-4-3-7-17(10)8-11-14-12(15-19-11)9-5-6-9/h9-10H,3-8H2,1-2H3. The fourth-order valence-electron chi connectivity index (χ4n) is 2.61. The summed E-state index contributed by atoms with van der Waals surface area (Å²) < 4.78 is 5.29. The van der Waals surface area contributed by atoms with Crippen LogP contribution in [-0.4, -0.2) is 52.5 Å². The van der Waals surface area contributed by atoms with E-state index in [1.165, 1.54) is 12.8 Å². The first-order valence-corrected chi connectivity index (χ1v) is 6.93. The molecular formula is C13H20N4O2. The summed E-state index contributed by atoms with van der Waals surface area (Å²) in [5.74, 6) is 2.15. The Kier molecular flexibility index (Phi) is 3.26. The van der Waals surface area contributed by atoms with E-state index in [0.717, 1.165) is 25.2 Å². The second-order valence-corrected chi connectivity index (χ2v) is 5.68. The van der Waals surface area contributed by atoms with Gasteiger partial charge in [0.15, 0.2) is 5.82 Å². The second-order valence-electron chi connectivity index (χ2n) is 5.68. The summed E-state index contributed by atoms with van der Waals surface area (Å²) in [6.07, 6.45) is 4.31. The van der Waals surface area contributed by atoms with Gasteiger partial charge < -0.3 is 9.42 Å². The lowest BCUT2D eigenvalue weighted by Crippen LogP contribution is -2.42. The van der Waals surface area contributed by atoms with Crippen molar-refractivity contribution in [1.82, 2.24) is 19.9 Å². The van der Waals surface area contributed by atoms with E-state index in [1.54, 1.807) is 19.0 Å².